The number of aromatic nitrogens is 2. The molecular formula is C20H27FN4O2. The number of carbonyl (C=O) groups is 1. The van der Waals surface area contributed by atoms with Crippen LogP contribution < -0.4 is 5.32 Å². The molecule has 27 heavy (non-hydrogen) atoms. The molecule has 146 valence electrons. The molecule has 2 amide bonds. The SMILES string of the molecule is CCCn1nc(C)c(CNC(=O)N2CCOC(c3ccc(F)cc3)C2)c1C. The lowest BCUT2D eigenvalue weighted by Gasteiger charge is -2.33. The van der Waals surface area contributed by atoms with Gasteiger partial charge < -0.3 is 15.0 Å². The highest BCUT2D eigenvalue weighted by Crippen LogP contribution is 2.22. The summed E-state index contributed by atoms with van der Waals surface area (Å²) in [5, 5.41) is 7.56. The fraction of sp³-hybridized carbons (Fsp3) is 0.500. The molecule has 1 aromatic heterocycles. The zero-order chi connectivity index (χ0) is 19.4. The van der Waals surface area contributed by atoms with Crippen molar-refractivity contribution in [3.8, 4) is 0 Å². The van der Waals surface area contributed by atoms with Gasteiger partial charge in [-0.2, -0.15) is 5.10 Å². The van der Waals surface area contributed by atoms with Crippen LogP contribution in [0.4, 0.5) is 9.18 Å². The first kappa shape index (κ1) is 19.4. The highest BCUT2D eigenvalue weighted by atomic mass is 19.1. The maximum Gasteiger partial charge on any atom is 0.317 e. The summed E-state index contributed by atoms with van der Waals surface area (Å²) in [6.07, 6.45) is 0.785. The van der Waals surface area contributed by atoms with Gasteiger partial charge in [0, 0.05) is 30.9 Å². The summed E-state index contributed by atoms with van der Waals surface area (Å²) in [6.45, 7) is 8.91. The number of nitrogens with one attached hydrogen (secondary N) is 1. The van der Waals surface area contributed by atoms with Crippen molar-refractivity contribution in [1.82, 2.24) is 20.0 Å². The Morgan fingerprint density at radius 1 is 1.33 bits per heavy atom. The van der Waals surface area contributed by atoms with E-state index in [9.17, 15) is 9.18 Å². The molecule has 0 bridgehead atoms. The molecule has 1 aliphatic heterocycles. The zero-order valence-electron chi connectivity index (χ0n) is 16.2. The molecule has 0 radical (unpaired) electrons. The average Bonchev–Trinajstić information content (AvgIpc) is 2.94. The molecule has 1 N–H and O–H groups in total. The maximum atomic E-state index is 13.1. The van der Waals surface area contributed by atoms with Gasteiger partial charge in [-0.15, -0.1) is 0 Å². The number of hydrogen-bond acceptors (Lipinski definition) is 3. The zero-order valence-corrected chi connectivity index (χ0v) is 16.2. The minimum atomic E-state index is -0.279. The second-order valence-electron chi connectivity index (χ2n) is 6.89. The molecule has 2 aromatic rings. The van der Waals surface area contributed by atoms with E-state index < -0.39 is 0 Å². The molecule has 1 saturated heterocycles. The lowest BCUT2D eigenvalue weighted by Crippen LogP contribution is -2.47. The summed E-state index contributed by atoms with van der Waals surface area (Å²) in [4.78, 5) is 14.4. The van der Waals surface area contributed by atoms with Gasteiger partial charge in [0.1, 0.15) is 11.9 Å². The highest BCUT2D eigenvalue weighted by Gasteiger charge is 2.25. The van der Waals surface area contributed by atoms with Crippen LogP contribution in [0.5, 0.6) is 0 Å². The van der Waals surface area contributed by atoms with E-state index in [0.717, 1.165) is 35.5 Å². The fourth-order valence-electron chi connectivity index (χ4n) is 3.41. The molecular weight excluding hydrogens is 347 g/mol. The minimum Gasteiger partial charge on any atom is -0.370 e. The molecule has 1 aromatic carbocycles. The Labute approximate surface area is 159 Å². The van der Waals surface area contributed by atoms with Crippen molar-refractivity contribution in [3.63, 3.8) is 0 Å². The summed E-state index contributed by atoms with van der Waals surface area (Å²) in [7, 11) is 0. The Morgan fingerprint density at radius 2 is 2.07 bits per heavy atom. The van der Waals surface area contributed by atoms with Crippen molar-refractivity contribution in [2.24, 2.45) is 0 Å². The second-order valence-corrected chi connectivity index (χ2v) is 6.89. The average molecular weight is 374 g/mol. The van der Waals surface area contributed by atoms with Gasteiger partial charge >= 0.3 is 6.03 Å². The lowest BCUT2D eigenvalue weighted by atomic mass is 10.1. The maximum absolute atomic E-state index is 13.1. The van der Waals surface area contributed by atoms with Crippen LogP contribution in [-0.2, 0) is 17.8 Å². The van der Waals surface area contributed by atoms with E-state index in [-0.39, 0.29) is 18.0 Å². The van der Waals surface area contributed by atoms with Crippen molar-refractivity contribution in [2.75, 3.05) is 19.7 Å². The molecule has 1 fully saturated rings. The van der Waals surface area contributed by atoms with Crippen LogP contribution in [0.1, 0.15) is 42.0 Å². The van der Waals surface area contributed by atoms with Gasteiger partial charge in [-0.05, 0) is 38.0 Å². The Kier molecular flexibility index (Phi) is 6.11. The Morgan fingerprint density at radius 3 is 2.78 bits per heavy atom. The van der Waals surface area contributed by atoms with Crippen LogP contribution in [0.2, 0.25) is 0 Å². The minimum absolute atomic E-state index is 0.118. The molecule has 0 aliphatic carbocycles. The number of carbonyl (C=O) groups excluding carboxylic acids is 1. The third-order valence-electron chi connectivity index (χ3n) is 4.98. The lowest BCUT2D eigenvalue weighted by molar-refractivity contribution is -0.0155. The number of halogens is 1. The van der Waals surface area contributed by atoms with Crippen LogP contribution in [0.15, 0.2) is 24.3 Å². The second kappa shape index (κ2) is 8.52. The molecule has 1 aliphatic rings. The molecule has 0 saturated carbocycles. The number of urea groups is 1. The third-order valence-corrected chi connectivity index (χ3v) is 4.98. The Bertz CT molecular complexity index is 788. The standard InChI is InChI=1S/C20H27FN4O2/c1-4-9-25-15(3)18(14(2)23-25)12-22-20(26)24-10-11-27-19(13-24)16-5-7-17(21)8-6-16/h5-8,19H,4,9-13H2,1-3H3,(H,22,26). The van der Waals surface area contributed by atoms with Crippen LogP contribution >= 0.6 is 0 Å². The smallest absolute Gasteiger partial charge is 0.317 e. The molecule has 7 heteroatoms. The van der Waals surface area contributed by atoms with Gasteiger partial charge in [-0.1, -0.05) is 19.1 Å². The number of hydrogen-bond donors (Lipinski definition) is 1. The number of aryl methyl sites for hydroxylation is 2. The quantitative estimate of drug-likeness (QED) is 0.873. The first-order valence-corrected chi connectivity index (χ1v) is 9.42. The normalized spacial score (nSPS) is 17.2. The van der Waals surface area contributed by atoms with Crippen molar-refractivity contribution in [1.29, 1.82) is 0 Å². The molecule has 3 rings (SSSR count). The monoisotopic (exact) mass is 374 g/mol. The van der Waals surface area contributed by atoms with E-state index in [1.807, 2.05) is 18.5 Å². The predicted molar refractivity (Wildman–Crippen MR) is 101 cm³/mol. The summed E-state index contributed by atoms with van der Waals surface area (Å²) in [6, 6.07) is 6.12. The van der Waals surface area contributed by atoms with Crippen molar-refractivity contribution in [3.05, 3.63) is 52.6 Å². The predicted octanol–water partition coefficient (Wildman–Crippen LogP) is 3.33. The Balaban J connectivity index is 1.60. The largest absolute Gasteiger partial charge is 0.370 e. The summed E-state index contributed by atoms with van der Waals surface area (Å²) in [5.74, 6) is -0.279. The van der Waals surface area contributed by atoms with Gasteiger partial charge in [0.2, 0.25) is 0 Å². The molecule has 2 heterocycles. The van der Waals surface area contributed by atoms with E-state index in [1.165, 1.54) is 12.1 Å². The van der Waals surface area contributed by atoms with Crippen LogP contribution in [0, 0.1) is 19.7 Å². The highest BCUT2D eigenvalue weighted by molar-refractivity contribution is 5.74. The van der Waals surface area contributed by atoms with E-state index in [2.05, 4.69) is 17.3 Å². The number of ether oxygens (including phenoxy) is 1. The number of nitrogens with zero attached hydrogens (tertiary/aromatic N) is 3. The molecule has 1 atom stereocenters. The van der Waals surface area contributed by atoms with Gasteiger partial charge in [0.05, 0.1) is 18.8 Å². The van der Waals surface area contributed by atoms with E-state index in [4.69, 9.17) is 4.74 Å². The summed E-state index contributed by atoms with van der Waals surface area (Å²) < 4.78 is 20.9. The number of rotatable bonds is 5. The van der Waals surface area contributed by atoms with Crippen molar-refractivity contribution < 1.29 is 13.9 Å². The van der Waals surface area contributed by atoms with Crippen LogP contribution in [-0.4, -0.2) is 40.4 Å². The molecule has 6 nitrogen and oxygen atoms in total. The summed E-state index contributed by atoms with van der Waals surface area (Å²) >= 11 is 0. The number of benzene rings is 1. The van der Waals surface area contributed by atoms with Gasteiger partial charge in [-0.25, -0.2) is 9.18 Å². The number of amides is 2. The third kappa shape index (κ3) is 4.47. The molecule has 0 spiro atoms. The van der Waals surface area contributed by atoms with E-state index >= 15 is 0 Å². The van der Waals surface area contributed by atoms with E-state index in [1.54, 1.807) is 17.0 Å². The van der Waals surface area contributed by atoms with Crippen LogP contribution in [0.3, 0.4) is 0 Å². The van der Waals surface area contributed by atoms with Crippen molar-refractivity contribution in [2.45, 2.75) is 46.4 Å². The molecule has 1 unspecified atom stereocenters. The van der Waals surface area contributed by atoms with Crippen LogP contribution in [0.25, 0.3) is 0 Å². The van der Waals surface area contributed by atoms with Gasteiger partial charge in [-0.3, -0.25) is 4.68 Å². The van der Waals surface area contributed by atoms with E-state index in [0.29, 0.717) is 26.2 Å². The summed E-state index contributed by atoms with van der Waals surface area (Å²) in [5.41, 5.74) is 4.00. The fourth-order valence-corrected chi connectivity index (χ4v) is 3.41. The first-order chi connectivity index (χ1) is 13.0. The first-order valence-electron chi connectivity index (χ1n) is 9.42. The van der Waals surface area contributed by atoms with Gasteiger partial charge in [0.25, 0.3) is 0 Å². The topological polar surface area (TPSA) is 59.4 Å². The van der Waals surface area contributed by atoms with Crippen molar-refractivity contribution >= 4 is 6.03 Å². The number of morpholine rings is 1. The van der Waals surface area contributed by atoms with Gasteiger partial charge in [0.15, 0.2) is 0 Å². The Hall–Kier alpha value is -2.41.